The molecule has 2 fully saturated rings. The fourth-order valence-corrected chi connectivity index (χ4v) is 3.70. The molecule has 17 heavy (non-hydrogen) atoms. The van der Waals surface area contributed by atoms with Crippen molar-refractivity contribution in [2.75, 3.05) is 0 Å². The first-order valence-corrected chi connectivity index (χ1v) is 6.58. The minimum absolute atomic E-state index is 0.0785. The molecule has 2 aliphatic rings. The molecule has 2 saturated carbocycles. The van der Waals surface area contributed by atoms with Crippen LogP contribution in [0, 0.1) is 17.8 Å². The number of carbonyl (C=O) groups is 1. The Morgan fingerprint density at radius 1 is 1.47 bits per heavy atom. The van der Waals surface area contributed by atoms with Crippen molar-refractivity contribution in [1.29, 1.82) is 0 Å². The molecule has 3 heteroatoms. The summed E-state index contributed by atoms with van der Waals surface area (Å²) in [4.78, 5) is 11.9. The summed E-state index contributed by atoms with van der Waals surface area (Å²) < 4.78 is 5.11. The number of furan rings is 1. The van der Waals surface area contributed by atoms with E-state index in [0.717, 1.165) is 11.8 Å². The number of hydrogen-bond donors (Lipinski definition) is 1. The summed E-state index contributed by atoms with van der Waals surface area (Å²) in [6.45, 7) is 2.13. The molecule has 1 amide bonds. The molecule has 2 aliphatic carbocycles. The third-order valence-corrected chi connectivity index (χ3v) is 4.54. The van der Waals surface area contributed by atoms with E-state index >= 15 is 0 Å². The van der Waals surface area contributed by atoms with E-state index in [1.165, 1.54) is 31.9 Å². The number of fused-ring (bicyclic) bond motifs is 2. The van der Waals surface area contributed by atoms with Crippen molar-refractivity contribution in [1.82, 2.24) is 5.32 Å². The van der Waals surface area contributed by atoms with Gasteiger partial charge in [0.05, 0.1) is 6.26 Å². The van der Waals surface area contributed by atoms with Gasteiger partial charge in [0.1, 0.15) is 0 Å². The number of hydrogen-bond acceptors (Lipinski definition) is 2. The minimum atomic E-state index is -0.0785. The van der Waals surface area contributed by atoms with Crippen molar-refractivity contribution in [3.63, 3.8) is 0 Å². The number of carbonyl (C=O) groups excluding carboxylic acids is 1. The maximum atomic E-state index is 11.9. The highest BCUT2D eigenvalue weighted by Gasteiger charge is 2.42. The van der Waals surface area contributed by atoms with E-state index in [-0.39, 0.29) is 11.9 Å². The summed E-state index contributed by atoms with van der Waals surface area (Å²) in [5.74, 6) is 2.78. The van der Waals surface area contributed by atoms with Crippen molar-refractivity contribution in [3.05, 3.63) is 24.2 Å². The van der Waals surface area contributed by atoms with Gasteiger partial charge < -0.3 is 9.73 Å². The third-order valence-electron chi connectivity index (χ3n) is 4.54. The van der Waals surface area contributed by atoms with Crippen LogP contribution in [0.3, 0.4) is 0 Å². The topological polar surface area (TPSA) is 42.2 Å². The van der Waals surface area contributed by atoms with Gasteiger partial charge in [-0.15, -0.1) is 0 Å². The molecule has 0 spiro atoms. The van der Waals surface area contributed by atoms with Gasteiger partial charge in [-0.05, 0) is 56.1 Å². The molecule has 0 radical (unpaired) electrons. The van der Waals surface area contributed by atoms with Crippen LogP contribution in [-0.4, -0.2) is 11.9 Å². The van der Waals surface area contributed by atoms with Gasteiger partial charge >= 0.3 is 0 Å². The summed E-state index contributed by atoms with van der Waals surface area (Å²) in [7, 11) is 0. The van der Waals surface area contributed by atoms with Crippen molar-refractivity contribution < 1.29 is 9.21 Å². The lowest BCUT2D eigenvalue weighted by Crippen LogP contribution is -2.39. The Bertz CT molecular complexity index is 398. The molecule has 0 unspecified atom stereocenters. The van der Waals surface area contributed by atoms with E-state index in [0.29, 0.717) is 11.7 Å². The second-order valence-electron chi connectivity index (χ2n) is 5.58. The lowest BCUT2D eigenvalue weighted by atomic mass is 9.84. The maximum Gasteiger partial charge on any atom is 0.287 e. The van der Waals surface area contributed by atoms with E-state index in [9.17, 15) is 4.79 Å². The maximum absolute atomic E-state index is 11.9. The molecule has 92 valence electrons. The molecule has 1 N–H and O–H groups in total. The fraction of sp³-hybridized carbons (Fsp3) is 0.643. The average Bonchev–Trinajstić information content (AvgIpc) is 3.05. The van der Waals surface area contributed by atoms with Crippen LogP contribution in [0.4, 0.5) is 0 Å². The Balaban J connectivity index is 1.60. The van der Waals surface area contributed by atoms with Gasteiger partial charge in [-0.1, -0.05) is 6.42 Å². The van der Waals surface area contributed by atoms with Crippen molar-refractivity contribution in [2.24, 2.45) is 17.8 Å². The Labute approximate surface area is 102 Å². The normalized spacial score (nSPS) is 32.6. The lowest BCUT2D eigenvalue weighted by molar-refractivity contribution is 0.0887. The molecule has 0 aromatic carbocycles. The van der Waals surface area contributed by atoms with E-state index in [1.54, 1.807) is 12.1 Å². The summed E-state index contributed by atoms with van der Waals surface area (Å²) in [6, 6.07) is 3.72. The second kappa shape index (κ2) is 4.21. The quantitative estimate of drug-likeness (QED) is 0.872. The molecular weight excluding hydrogens is 214 g/mol. The van der Waals surface area contributed by atoms with Gasteiger partial charge in [-0.3, -0.25) is 4.79 Å². The first kappa shape index (κ1) is 10.9. The highest BCUT2D eigenvalue weighted by atomic mass is 16.3. The Morgan fingerprint density at radius 3 is 2.94 bits per heavy atom. The van der Waals surface area contributed by atoms with Gasteiger partial charge in [0, 0.05) is 6.04 Å². The van der Waals surface area contributed by atoms with Gasteiger partial charge in [0.2, 0.25) is 0 Å². The molecule has 0 aliphatic heterocycles. The number of nitrogens with one attached hydrogen (secondary N) is 1. The van der Waals surface area contributed by atoms with Gasteiger partial charge in [0.25, 0.3) is 5.91 Å². The van der Waals surface area contributed by atoms with Crippen LogP contribution in [0.25, 0.3) is 0 Å². The third kappa shape index (κ3) is 1.99. The molecule has 1 aromatic rings. The van der Waals surface area contributed by atoms with Crippen molar-refractivity contribution in [3.8, 4) is 0 Å². The van der Waals surface area contributed by atoms with E-state index in [2.05, 4.69) is 12.2 Å². The van der Waals surface area contributed by atoms with E-state index in [1.807, 2.05) is 0 Å². The van der Waals surface area contributed by atoms with Gasteiger partial charge in [-0.2, -0.15) is 0 Å². The Morgan fingerprint density at radius 2 is 2.35 bits per heavy atom. The van der Waals surface area contributed by atoms with Crippen LogP contribution >= 0.6 is 0 Å². The van der Waals surface area contributed by atoms with Crippen LogP contribution in [-0.2, 0) is 0 Å². The van der Waals surface area contributed by atoms with E-state index in [4.69, 9.17) is 4.42 Å². The Kier molecular flexibility index (Phi) is 2.69. The smallest absolute Gasteiger partial charge is 0.287 e. The van der Waals surface area contributed by atoms with Crippen molar-refractivity contribution >= 4 is 5.91 Å². The predicted molar refractivity (Wildman–Crippen MR) is 64.6 cm³/mol. The van der Waals surface area contributed by atoms with Crippen LogP contribution in [0.5, 0.6) is 0 Å². The molecule has 4 atom stereocenters. The molecule has 2 bridgehead atoms. The molecule has 3 rings (SSSR count). The lowest BCUT2D eigenvalue weighted by Gasteiger charge is -2.28. The van der Waals surface area contributed by atoms with Crippen LogP contribution in [0.1, 0.15) is 43.2 Å². The Hall–Kier alpha value is -1.25. The van der Waals surface area contributed by atoms with Gasteiger partial charge in [-0.25, -0.2) is 0 Å². The molecular formula is C14H19NO2. The zero-order valence-corrected chi connectivity index (χ0v) is 10.2. The van der Waals surface area contributed by atoms with Crippen LogP contribution < -0.4 is 5.32 Å². The van der Waals surface area contributed by atoms with Gasteiger partial charge in [0.15, 0.2) is 5.76 Å². The highest BCUT2D eigenvalue weighted by molar-refractivity contribution is 5.91. The number of amides is 1. The summed E-state index contributed by atoms with van der Waals surface area (Å²) in [6.07, 6.45) is 6.98. The molecule has 1 aromatic heterocycles. The summed E-state index contributed by atoms with van der Waals surface area (Å²) >= 11 is 0. The summed E-state index contributed by atoms with van der Waals surface area (Å²) in [5.41, 5.74) is 0. The van der Waals surface area contributed by atoms with Crippen LogP contribution in [0.2, 0.25) is 0 Å². The SMILES string of the molecule is C[C@H](NC(=O)c1ccco1)[C@@H]1C[C@@H]2CC[C@@H]1C2. The zero-order chi connectivity index (χ0) is 11.8. The largest absolute Gasteiger partial charge is 0.459 e. The van der Waals surface area contributed by atoms with E-state index < -0.39 is 0 Å². The predicted octanol–water partition coefficient (Wildman–Crippen LogP) is 2.83. The molecule has 0 saturated heterocycles. The molecule has 3 nitrogen and oxygen atoms in total. The first-order valence-electron chi connectivity index (χ1n) is 6.58. The van der Waals surface area contributed by atoms with Crippen molar-refractivity contribution in [2.45, 2.75) is 38.6 Å². The highest BCUT2D eigenvalue weighted by Crippen LogP contribution is 2.49. The standard InChI is InChI=1S/C14H19NO2/c1-9(12-8-10-4-5-11(12)7-10)15-14(16)13-3-2-6-17-13/h2-3,6,9-12H,4-5,7-8H2,1H3,(H,15,16)/t9-,10+,11+,12-/m0/s1. The average molecular weight is 233 g/mol. The zero-order valence-electron chi connectivity index (χ0n) is 10.2. The minimum Gasteiger partial charge on any atom is -0.459 e. The van der Waals surface area contributed by atoms with Crippen LogP contribution in [0.15, 0.2) is 22.8 Å². The monoisotopic (exact) mass is 233 g/mol. The summed E-state index contributed by atoms with van der Waals surface area (Å²) in [5, 5.41) is 3.08. The second-order valence-corrected chi connectivity index (χ2v) is 5.58. The molecule has 1 heterocycles. The first-order chi connectivity index (χ1) is 8.24. The number of rotatable bonds is 3. The fourth-order valence-electron chi connectivity index (χ4n) is 3.70.